The predicted molar refractivity (Wildman–Crippen MR) is 108 cm³/mol. The number of nitriles is 1. The third-order valence-electron chi connectivity index (χ3n) is 6.64. The van der Waals surface area contributed by atoms with Gasteiger partial charge in [0, 0.05) is 31.4 Å². The Balaban J connectivity index is 1.22. The fraction of sp³-hybridized carbons (Fsp3) is 0.435. The number of ether oxygens (including phenoxy) is 1. The Hall–Kier alpha value is -3.05. The first-order valence-electron chi connectivity index (χ1n) is 10.5. The summed E-state index contributed by atoms with van der Waals surface area (Å²) in [6, 6.07) is 9.74. The molecule has 1 saturated carbocycles. The summed E-state index contributed by atoms with van der Waals surface area (Å²) in [4.78, 5) is 21.4. The van der Waals surface area contributed by atoms with E-state index in [0.717, 1.165) is 30.8 Å². The molecule has 1 amide bonds. The van der Waals surface area contributed by atoms with Crippen LogP contribution in [0.5, 0.6) is 0 Å². The lowest BCUT2D eigenvalue weighted by Gasteiger charge is -2.52. The van der Waals surface area contributed by atoms with Crippen molar-refractivity contribution >= 4 is 11.7 Å². The molecule has 4 heterocycles. The van der Waals surface area contributed by atoms with Gasteiger partial charge in [0.05, 0.1) is 11.2 Å². The van der Waals surface area contributed by atoms with Crippen molar-refractivity contribution in [3.8, 4) is 6.07 Å². The third-order valence-corrected chi connectivity index (χ3v) is 6.64. The summed E-state index contributed by atoms with van der Waals surface area (Å²) in [5, 5.41) is 8.96. The number of hydrogen-bond acceptors (Lipinski definition) is 5. The van der Waals surface area contributed by atoms with E-state index in [1.165, 1.54) is 6.07 Å². The van der Waals surface area contributed by atoms with Crippen LogP contribution >= 0.6 is 0 Å². The first kappa shape index (κ1) is 19.9. The zero-order chi connectivity index (χ0) is 21.6. The quantitative estimate of drug-likeness (QED) is 0.738. The normalized spacial score (nSPS) is 23.5. The van der Waals surface area contributed by atoms with E-state index in [-0.39, 0.29) is 24.6 Å². The third kappa shape index (κ3) is 3.63. The first-order valence-corrected chi connectivity index (χ1v) is 10.5. The molecular formula is C23H22F2N4O2. The average molecular weight is 424 g/mol. The molecule has 1 aliphatic carbocycles. The fourth-order valence-electron chi connectivity index (χ4n) is 4.73. The van der Waals surface area contributed by atoms with Gasteiger partial charge in [-0.2, -0.15) is 5.26 Å². The van der Waals surface area contributed by atoms with Crippen LogP contribution in [-0.4, -0.2) is 47.6 Å². The van der Waals surface area contributed by atoms with E-state index >= 15 is 0 Å². The van der Waals surface area contributed by atoms with Gasteiger partial charge >= 0.3 is 0 Å². The lowest BCUT2D eigenvalue weighted by atomic mass is 9.90. The predicted octanol–water partition coefficient (Wildman–Crippen LogP) is 3.12. The number of benzene rings is 1. The number of aromatic nitrogens is 1. The Morgan fingerprint density at radius 1 is 1.16 bits per heavy atom. The van der Waals surface area contributed by atoms with Gasteiger partial charge in [-0.1, -0.05) is 6.07 Å². The van der Waals surface area contributed by atoms with E-state index in [0.29, 0.717) is 37.1 Å². The van der Waals surface area contributed by atoms with Crippen LogP contribution in [0, 0.1) is 23.0 Å². The molecule has 31 heavy (non-hydrogen) atoms. The van der Waals surface area contributed by atoms with Gasteiger partial charge < -0.3 is 14.5 Å². The van der Waals surface area contributed by atoms with Crippen LogP contribution in [0.2, 0.25) is 0 Å². The van der Waals surface area contributed by atoms with Gasteiger partial charge in [0.2, 0.25) is 5.91 Å². The number of fused-ring (bicyclic) bond motifs is 3. The molecule has 0 spiro atoms. The maximum absolute atomic E-state index is 13.6. The molecule has 160 valence electrons. The smallest absolute Gasteiger partial charge is 0.248 e. The summed E-state index contributed by atoms with van der Waals surface area (Å²) < 4.78 is 32.8. The van der Waals surface area contributed by atoms with Crippen LogP contribution in [0.4, 0.5) is 14.6 Å². The number of piperazine rings is 1. The van der Waals surface area contributed by atoms with Crippen LogP contribution in [0.3, 0.4) is 0 Å². The topological polar surface area (TPSA) is 69.5 Å². The number of carbonyl (C=O) groups is 1. The average Bonchev–Trinajstić information content (AvgIpc) is 3.60. The van der Waals surface area contributed by atoms with Gasteiger partial charge in [-0.15, -0.1) is 0 Å². The Morgan fingerprint density at radius 3 is 2.58 bits per heavy atom. The lowest BCUT2D eigenvalue weighted by Crippen LogP contribution is -2.64. The van der Waals surface area contributed by atoms with Gasteiger partial charge in [-0.05, 0) is 55.5 Å². The standard InChI is InChI=1S/C23H22F2N4O2/c24-19-5-2-16(9-20(19)25)23(7-8-23)31-14-22(30)29-13-17-3-4-18(29)12-28(17)21-6-1-15(10-26)11-27-21/h1-2,5-6,9,11,17-18H,3-4,7-8,12-14H2/t17-,18?/m0/s1. The maximum Gasteiger partial charge on any atom is 0.248 e. The number of halogens is 2. The molecule has 2 bridgehead atoms. The highest BCUT2D eigenvalue weighted by atomic mass is 19.2. The highest BCUT2D eigenvalue weighted by Gasteiger charge is 2.48. The minimum atomic E-state index is -0.899. The molecule has 2 aromatic rings. The van der Waals surface area contributed by atoms with Crippen molar-refractivity contribution in [3.05, 3.63) is 59.3 Å². The summed E-state index contributed by atoms with van der Waals surface area (Å²) in [6.07, 6.45) is 4.86. The minimum Gasteiger partial charge on any atom is -0.360 e. The van der Waals surface area contributed by atoms with Gasteiger partial charge in [-0.25, -0.2) is 13.8 Å². The molecule has 4 aliphatic rings. The Bertz CT molecular complexity index is 1050. The van der Waals surface area contributed by atoms with E-state index in [9.17, 15) is 13.6 Å². The Kier molecular flexibility index (Phi) is 4.86. The summed E-state index contributed by atoms with van der Waals surface area (Å²) in [6.45, 7) is 1.23. The van der Waals surface area contributed by atoms with Gasteiger partial charge in [0.15, 0.2) is 11.6 Å². The molecule has 1 aromatic carbocycles. The molecule has 4 fully saturated rings. The molecule has 1 unspecified atom stereocenters. The molecule has 0 radical (unpaired) electrons. The van der Waals surface area contributed by atoms with Crippen LogP contribution in [0.1, 0.15) is 36.8 Å². The SMILES string of the molecule is N#Cc1ccc(N2CC3CC[C@H]2CN3C(=O)COC2(c3ccc(F)c(F)c3)CC2)nc1. The monoisotopic (exact) mass is 424 g/mol. The van der Waals surface area contributed by atoms with E-state index in [1.54, 1.807) is 12.3 Å². The van der Waals surface area contributed by atoms with Crippen LogP contribution in [0.15, 0.2) is 36.5 Å². The number of anilines is 1. The molecular weight excluding hydrogens is 402 g/mol. The number of nitrogens with zero attached hydrogens (tertiary/aromatic N) is 4. The van der Waals surface area contributed by atoms with E-state index in [4.69, 9.17) is 10.00 Å². The molecule has 6 nitrogen and oxygen atoms in total. The lowest BCUT2D eigenvalue weighted by molar-refractivity contribution is -0.144. The summed E-state index contributed by atoms with van der Waals surface area (Å²) in [5.41, 5.74) is 0.421. The van der Waals surface area contributed by atoms with E-state index in [1.807, 2.05) is 11.0 Å². The molecule has 3 saturated heterocycles. The van der Waals surface area contributed by atoms with Gasteiger partial charge in [-0.3, -0.25) is 4.79 Å². The zero-order valence-corrected chi connectivity index (χ0v) is 16.9. The number of pyridine rings is 1. The fourth-order valence-corrected chi connectivity index (χ4v) is 4.73. The van der Waals surface area contributed by atoms with Crippen molar-refractivity contribution in [1.82, 2.24) is 9.88 Å². The van der Waals surface area contributed by atoms with Crippen molar-refractivity contribution in [2.45, 2.75) is 43.4 Å². The summed E-state index contributed by atoms with van der Waals surface area (Å²) in [7, 11) is 0. The van der Waals surface area contributed by atoms with Crippen molar-refractivity contribution in [3.63, 3.8) is 0 Å². The molecule has 1 aromatic heterocycles. The first-order chi connectivity index (χ1) is 15.0. The second kappa shape index (κ2) is 7.57. The Labute approximate surface area is 179 Å². The second-order valence-corrected chi connectivity index (χ2v) is 8.51. The second-order valence-electron chi connectivity index (χ2n) is 8.51. The van der Waals surface area contributed by atoms with E-state index < -0.39 is 17.2 Å². The largest absolute Gasteiger partial charge is 0.360 e. The summed E-state index contributed by atoms with van der Waals surface area (Å²) >= 11 is 0. The number of hydrogen-bond donors (Lipinski definition) is 0. The minimum absolute atomic E-state index is 0.0721. The van der Waals surface area contributed by atoms with Gasteiger partial charge in [0.25, 0.3) is 0 Å². The summed E-state index contributed by atoms with van der Waals surface area (Å²) in [5.74, 6) is -1.03. The zero-order valence-electron chi connectivity index (χ0n) is 16.9. The van der Waals surface area contributed by atoms with Gasteiger partial charge in [0.1, 0.15) is 18.5 Å². The van der Waals surface area contributed by atoms with Crippen molar-refractivity contribution < 1.29 is 18.3 Å². The number of rotatable bonds is 5. The van der Waals surface area contributed by atoms with Crippen LogP contribution in [-0.2, 0) is 15.1 Å². The molecule has 3 aliphatic heterocycles. The molecule has 8 heteroatoms. The van der Waals surface area contributed by atoms with Crippen LogP contribution in [0.25, 0.3) is 0 Å². The van der Waals surface area contributed by atoms with Crippen molar-refractivity contribution in [1.29, 1.82) is 5.26 Å². The van der Waals surface area contributed by atoms with Crippen molar-refractivity contribution in [2.24, 2.45) is 0 Å². The van der Waals surface area contributed by atoms with Crippen LogP contribution < -0.4 is 4.90 Å². The number of carbonyl (C=O) groups excluding carboxylic acids is 1. The highest BCUT2D eigenvalue weighted by molar-refractivity contribution is 5.78. The van der Waals surface area contributed by atoms with Crippen molar-refractivity contribution in [2.75, 3.05) is 24.6 Å². The molecule has 2 atom stereocenters. The highest BCUT2D eigenvalue weighted by Crippen LogP contribution is 2.49. The number of piperidine rings is 2. The number of amides is 1. The Morgan fingerprint density at radius 2 is 1.97 bits per heavy atom. The maximum atomic E-state index is 13.6. The van der Waals surface area contributed by atoms with E-state index in [2.05, 4.69) is 16.0 Å². The molecule has 0 N–H and O–H groups in total. The molecule has 6 rings (SSSR count).